The molecule has 0 heterocycles. The highest BCUT2D eigenvalue weighted by atomic mass is 15.1. The van der Waals surface area contributed by atoms with Gasteiger partial charge in [0, 0.05) is 22.5 Å². The summed E-state index contributed by atoms with van der Waals surface area (Å²) in [5, 5.41) is 4.97. The summed E-state index contributed by atoms with van der Waals surface area (Å²) in [4.78, 5) is 2.40. The molecule has 0 amide bonds. The third-order valence-corrected chi connectivity index (χ3v) is 11.3. The van der Waals surface area contributed by atoms with Gasteiger partial charge in [0.1, 0.15) is 0 Å². The highest BCUT2D eigenvalue weighted by molar-refractivity contribution is 5.98. The van der Waals surface area contributed by atoms with Crippen molar-refractivity contribution in [2.75, 3.05) is 4.90 Å². The molecule has 53 heavy (non-hydrogen) atoms. The Morgan fingerprint density at radius 3 is 1.83 bits per heavy atom. The van der Waals surface area contributed by atoms with Gasteiger partial charge in [-0.15, -0.1) is 0 Å². The summed E-state index contributed by atoms with van der Waals surface area (Å²) in [7, 11) is 0. The fourth-order valence-corrected chi connectivity index (χ4v) is 8.71. The van der Waals surface area contributed by atoms with Gasteiger partial charge in [-0.25, -0.2) is 0 Å². The predicted octanol–water partition coefficient (Wildman–Crippen LogP) is 14.1. The molecule has 1 aliphatic rings. The maximum Gasteiger partial charge on any atom is 0.0468 e. The smallest absolute Gasteiger partial charge is 0.0468 e. The minimum absolute atomic E-state index is 0.246. The molecule has 9 aromatic carbocycles. The van der Waals surface area contributed by atoms with Crippen LogP contribution in [0.2, 0.25) is 0 Å². The molecule has 0 saturated carbocycles. The van der Waals surface area contributed by atoms with Crippen molar-refractivity contribution in [2.24, 2.45) is 0 Å². The van der Waals surface area contributed by atoms with Gasteiger partial charge < -0.3 is 4.90 Å². The lowest BCUT2D eigenvalue weighted by Crippen LogP contribution is -2.22. The largest absolute Gasteiger partial charge is 0.310 e. The molecule has 0 radical (unpaired) electrons. The van der Waals surface area contributed by atoms with E-state index in [-0.39, 0.29) is 5.41 Å². The molecular formula is C52H37N. The van der Waals surface area contributed by atoms with Gasteiger partial charge in [0.15, 0.2) is 0 Å². The van der Waals surface area contributed by atoms with E-state index in [1.165, 1.54) is 71.6 Å². The molecule has 1 heteroatoms. The average molecular weight is 676 g/mol. The van der Waals surface area contributed by atoms with Gasteiger partial charge in [0.2, 0.25) is 0 Å². The first-order valence-electron chi connectivity index (χ1n) is 18.4. The third kappa shape index (κ3) is 5.08. The van der Waals surface area contributed by atoms with Crippen LogP contribution >= 0.6 is 0 Å². The van der Waals surface area contributed by atoms with Crippen molar-refractivity contribution in [1.82, 2.24) is 0 Å². The van der Waals surface area contributed by atoms with E-state index in [0.29, 0.717) is 0 Å². The van der Waals surface area contributed by atoms with E-state index in [1.54, 1.807) is 0 Å². The molecule has 0 N–H and O–H groups in total. The molecular weight excluding hydrogens is 639 g/mol. The Morgan fingerprint density at radius 1 is 0.358 bits per heavy atom. The SMILES string of the molecule is CC1(c2ccccc2)c2ccccc2-c2c(-c3cccc(N(c4ccc(-c5cccc6ccccc56)cc4)c4ccc5ccccc5c4)c3)cccc21. The Balaban J connectivity index is 1.13. The topological polar surface area (TPSA) is 3.24 Å². The summed E-state index contributed by atoms with van der Waals surface area (Å²) in [6, 6.07) is 75.5. The van der Waals surface area contributed by atoms with Crippen LogP contribution in [0, 0.1) is 0 Å². The van der Waals surface area contributed by atoms with Gasteiger partial charge in [0.25, 0.3) is 0 Å². The van der Waals surface area contributed by atoms with E-state index in [1.807, 2.05) is 0 Å². The molecule has 0 aromatic heterocycles. The van der Waals surface area contributed by atoms with Crippen LogP contribution in [-0.2, 0) is 5.41 Å². The standard InChI is InChI=1S/C52H37N/c1-52(41-19-3-2-4-20-41)49-26-10-9-23-48(49)51-47(25-13-27-50(51)52)40-18-11-21-43(35-40)53(44-33-28-36-14-5-6-16-39(36)34-44)42-31-29-38(30-32-42)46-24-12-17-37-15-7-8-22-45(37)46/h2-35H,1H3. The normalized spacial score (nSPS) is 14.6. The lowest BCUT2D eigenvalue weighted by molar-refractivity contribution is 0.714. The number of rotatable bonds is 6. The second-order valence-electron chi connectivity index (χ2n) is 14.3. The van der Waals surface area contributed by atoms with Gasteiger partial charge in [-0.1, -0.05) is 170 Å². The number of nitrogens with zero attached hydrogens (tertiary/aromatic N) is 1. The molecule has 0 fully saturated rings. The van der Waals surface area contributed by atoms with Crippen LogP contribution in [0.15, 0.2) is 206 Å². The van der Waals surface area contributed by atoms with Gasteiger partial charge in [0.05, 0.1) is 0 Å². The Kier molecular flexibility index (Phi) is 7.33. The highest BCUT2D eigenvalue weighted by Crippen LogP contribution is 2.55. The lowest BCUT2D eigenvalue weighted by Gasteiger charge is -2.28. The first kappa shape index (κ1) is 31.1. The van der Waals surface area contributed by atoms with E-state index in [2.05, 4.69) is 218 Å². The molecule has 1 aliphatic carbocycles. The van der Waals surface area contributed by atoms with Crippen LogP contribution in [0.25, 0.3) is 54.9 Å². The van der Waals surface area contributed by atoms with Crippen LogP contribution in [0.3, 0.4) is 0 Å². The second-order valence-corrected chi connectivity index (χ2v) is 14.3. The zero-order valence-corrected chi connectivity index (χ0v) is 29.6. The number of anilines is 3. The first-order chi connectivity index (χ1) is 26.2. The molecule has 0 bridgehead atoms. The Hall–Kier alpha value is -6.70. The van der Waals surface area contributed by atoms with E-state index < -0.39 is 0 Å². The zero-order chi connectivity index (χ0) is 35.4. The van der Waals surface area contributed by atoms with Crippen LogP contribution in [0.4, 0.5) is 17.1 Å². The maximum atomic E-state index is 2.40. The van der Waals surface area contributed by atoms with E-state index in [0.717, 1.165) is 17.1 Å². The van der Waals surface area contributed by atoms with Crippen molar-refractivity contribution in [3.05, 3.63) is 223 Å². The van der Waals surface area contributed by atoms with Crippen molar-refractivity contribution in [1.29, 1.82) is 0 Å². The number of hydrogen-bond donors (Lipinski definition) is 0. The second kappa shape index (κ2) is 12.5. The fraction of sp³-hybridized carbons (Fsp3) is 0.0385. The quantitative estimate of drug-likeness (QED) is 0.170. The summed E-state index contributed by atoms with van der Waals surface area (Å²) >= 11 is 0. The molecule has 0 aliphatic heterocycles. The summed E-state index contributed by atoms with van der Waals surface area (Å²) < 4.78 is 0. The molecule has 10 rings (SSSR count). The maximum absolute atomic E-state index is 2.40. The molecule has 1 nitrogen and oxygen atoms in total. The Morgan fingerprint density at radius 2 is 0.962 bits per heavy atom. The van der Waals surface area contributed by atoms with E-state index in [4.69, 9.17) is 0 Å². The summed E-state index contributed by atoms with van der Waals surface area (Å²) in [5.74, 6) is 0. The average Bonchev–Trinajstić information content (AvgIpc) is 3.50. The Bertz CT molecular complexity index is 2790. The number of hydrogen-bond acceptors (Lipinski definition) is 1. The molecule has 0 spiro atoms. The van der Waals surface area contributed by atoms with Gasteiger partial charge in [-0.05, 0) is 115 Å². The summed E-state index contributed by atoms with van der Waals surface area (Å²) in [6.45, 7) is 2.39. The summed E-state index contributed by atoms with van der Waals surface area (Å²) in [5.41, 5.74) is 14.7. The van der Waals surface area contributed by atoms with Crippen LogP contribution in [-0.4, -0.2) is 0 Å². The van der Waals surface area contributed by atoms with Crippen LogP contribution < -0.4 is 4.90 Å². The molecule has 1 atom stereocenters. The number of fused-ring (bicyclic) bond motifs is 5. The molecule has 9 aromatic rings. The minimum atomic E-state index is -0.246. The molecule has 1 unspecified atom stereocenters. The number of benzene rings is 9. The predicted molar refractivity (Wildman–Crippen MR) is 224 cm³/mol. The summed E-state index contributed by atoms with van der Waals surface area (Å²) in [6.07, 6.45) is 0. The van der Waals surface area contributed by atoms with Gasteiger partial charge >= 0.3 is 0 Å². The molecule has 250 valence electrons. The lowest BCUT2D eigenvalue weighted by atomic mass is 9.74. The first-order valence-corrected chi connectivity index (χ1v) is 18.4. The van der Waals surface area contributed by atoms with Crippen LogP contribution in [0.5, 0.6) is 0 Å². The highest BCUT2D eigenvalue weighted by Gasteiger charge is 2.41. The minimum Gasteiger partial charge on any atom is -0.310 e. The molecule has 0 saturated heterocycles. The van der Waals surface area contributed by atoms with E-state index in [9.17, 15) is 0 Å². The van der Waals surface area contributed by atoms with Gasteiger partial charge in [-0.2, -0.15) is 0 Å². The van der Waals surface area contributed by atoms with Crippen LogP contribution in [0.1, 0.15) is 23.6 Å². The third-order valence-electron chi connectivity index (χ3n) is 11.3. The van der Waals surface area contributed by atoms with Gasteiger partial charge in [-0.3, -0.25) is 0 Å². The van der Waals surface area contributed by atoms with E-state index >= 15 is 0 Å². The van der Waals surface area contributed by atoms with Crippen molar-refractivity contribution in [2.45, 2.75) is 12.3 Å². The Labute approximate surface area is 311 Å². The van der Waals surface area contributed by atoms with Crippen molar-refractivity contribution in [3.8, 4) is 33.4 Å². The van der Waals surface area contributed by atoms with Crippen molar-refractivity contribution in [3.63, 3.8) is 0 Å². The van der Waals surface area contributed by atoms with Crippen molar-refractivity contribution < 1.29 is 0 Å². The zero-order valence-electron chi connectivity index (χ0n) is 29.6. The van der Waals surface area contributed by atoms with Crippen molar-refractivity contribution >= 4 is 38.6 Å². The monoisotopic (exact) mass is 675 g/mol. The fourth-order valence-electron chi connectivity index (χ4n) is 8.71.